The molecule has 0 bridgehead atoms. The number of hydrogen-bond acceptors (Lipinski definition) is 4. The Morgan fingerprint density at radius 3 is 2.62 bits per heavy atom. The number of sulfone groups is 1. The molecular formula is C13H14Cl2O5S. The minimum atomic E-state index is -3.74. The van der Waals surface area contributed by atoms with Crippen molar-refractivity contribution in [1.29, 1.82) is 0 Å². The van der Waals surface area contributed by atoms with Gasteiger partial charge in [-0.25, -0.2) is 13.2 Å². The van der Waals surface area contributed by atoms with Gasteiger partial charge in [-0.3, -0.25) is 0 Å². The van der Waals surface area contributed by atoms with E-state index in [2.05, 4.69) is 0 Å². The van der Waals surface area contributed by atoms with Crippen LogP contribution in [0.25, 0.3) is 0 Å². The smallest absolute Gasteiger partial charge is 0.338 e. The van der Waals surface area contributed by atoms with Crippen molar-refractivity contribution in [3.63, 3.8) is 0 Å². The summed E-state index contributed by atoms with van der Waals surface area (Å²) in [4.78, 5) is 10.9. The molecule has 0 saturated carbocycles. The average Bonchev–Trinajstić information content (AvgIpc) is 2.38. The van der Waals surface area contributed by atoms with Gasteiger partial charge in [0.25, 0.3) is 0 Å². The lowest BCUT2D eigenvalue weighted by atomic mass is 10.1. The molecule has 0 spiro atoms. The number of halogens is 2. The highest BCUT2D eigenvalue weighted by molar-refractivity contribution is 7.91. The van der Waals surface area contributed by atoms with Crippen LogP contribution in [-0.2, 0) is 14.6 Å². The van der Waals surface area contributed by atoms with E-state index in [0.29, 0.717) is 13.0 Å². The molecule has 5 nitrogen and oxygen atoms in total. The summed E-state index contributed by atoms with van der Waals surface area (Å²) in [5.74, 6) is -1.58. The van der Waals surface area contributed by atoms with Crippen molar-refractivity contribution in [3.05, 3.63) is 27.7 Å². The number of carboxylic acid groups (broad SMARTS) is 1. The van der Waals surface area contributed by atoms with Crippen molar-refractivity contribution in [2.45, 2.75) is 30.3 Å². The zero-order chi connectivity index (χ0) is 15.6. The van der Waals surface area contributed by atoms with Gasteiger partial charge in [-0.2, -0.15) is 0 Å². The molecular weight excluding hydrogens is 339 g/mol. The normalized spacial score (nSPS) is 19.4. The lowest BCUT2D eigenvalue weighted by Gasteiger charge is -2.22. The van der Waals surface area contributed by atoms with Crippen molar-refractivity contribution < 1.29 is 23.1 Å². The summed E-state index contributed by atoms with van der Waals surface area (Å²) in [6.07, 6.45) is 2.11. The van der Waals surface area contributed by atoms with E-state index in [0.717, 1.165) is 12.8 Å². The van der Waals surface area contributed by atoms with E-state index < -0.39 is 21.4 Å². The van der Waals surface area contributed by atoms with E-state index in [-0.39, 0.29) is 26.8 Å². The van der Waals surface area contributed by atoms with Crippen LogP contribution >= 0.6 is 23.2 Å². The van der Waals surface area contributed by atoms with Crippen LogP contribution in [0.3, 0.4) is 0 Å². The van der Waals surface area contributed by atoms with Crippen LogP contribution in [0.2, 0.25) is 10.0 Å². The van der Waals surface area contributed by atoms with Gasteiger partial charge in [-0.15, -0.1) is 0 Å². The molecule has 8 heteroatoms. The van der Waals surface area contributed by atoms with Crippen LogP contribution in [0, 0.1) is 0 Å². The predicted octanol–water partition coefficient (Wildman–Crippen LogP) is 3.03. The van der Waals surface area contributed by atoms with Crippen LogP contribution in [0.1, 0.15) is 29.6 Å². The second kappa shape index (κ2) is 6.52. The predicted molar refractivity (Wildman–Crippen MR) is 79.1 cm³/mol. The van der Waals surface area contributed by atoms with Crippen LogP contribution in [0.5, 0.6) is 0 Å². The first-order chi connectivity index (χ1) is 9.83. The summed E-state index contributed by atoms with van der Waals surface area (Å²) < 4.78 is 30.2. The third-order valence-electron chi connectivity index (χ3n) is 3.28. The summed E-state index contributed by atoms with van der Waals surface area (Å²) in [5.41, 5.74) is -0.399. The van der Waals surface area contributed by atoms with Gasteiger partial charge < -0.3 is 9.84 Å². The van der Waals surface area contributed by atoms with Gasteiger partial charge in [0, 0.05) is 6.61 Å². The first kappa shape index (κ1) is 16.5. The van der Waals surface area contributed by atoms with Crippen LogP contribution in [-0.4, -0.2) is 38.0 Å². The standard InChI is InChI=1S/C13H14Cl2O5S/c14-9-4-5-10(12(15)11(9)13(16)17)21(18,19)7-8-3-1-2-6-20-8/h4-5,8H,1-3,6-7H2,(H,16,17). The quantitative estimate of drug-likeness (QED) is 0.900. The Morgan fingerprint density at radius 2 is 2.05 bits per heavy atom. The van der Waals surface area contributed by atoms with Gasteiger partial charge in [-0.1, -0.05) is 23.2 Å². The number of benzene rings is 1. The third kappa shape index (κ3) is 3.69. The maximum absolute atomic E-state index is 12.4. The zero-order valence-electron chi connectivity index (χ0n) is 11.0. The maximum Gasteiger partial charge on any atom is 0.338 e. The van der Waals surface area contributed by atoms with Crippen molar-refractivity contribution in [2.75, 3.05) is 12.4 Å². The van der Waals surface area contributed by atoms with Gasteiger partial charge in [0.2, 0.25) is 0 Å². The zero-order valence-corrected chi connectivity index (χ0v) is 13.3. The highest BCUT2D eigenvalue weighted by Crippen LogP contribution is 2.32. The molecule has 2 rings (SSSR count). The second-order valence-electron chi connectivity index (χ2n) is 4.81. The molecule has 1 fully saturated rings. The summed E-state index contributed by atoms with van der Waals surface area (Å²) in [5, 5.41) is 8.62. The fourth-order valence-electron chi connectivity index (χ4n) is 2.24. The molecule has 1 saturated heterocycles. The Bertz CT molecular complexity index is 651. The molecule has 1 unspecified atom stereocenters. The lowest BCUT2D eigenvalue weighted by molar-refractivity contribution is 0.0305. The summed E-state index contributed by atoms with van der Waals surface area (Å²) in [6.45, 7) is 0.537. The molecule has 1 N–H and O–H groups in total. The molecule has 1 aliphatic rings. The van der Waals surface area contributed by atoms with E-state index >= 15 is 0 Å². The second-order valence-corrected chi connectivity index (χ2v) is 7.60. The molecule has 1 aromatic rings. The molecule has 0 aliphatic carbocycles. The number of carboxylic acids is 1. The molecule has 116 valence electrons. The van der Waals surface area contributed by atoms with Crippen molar-refractivity contribution >= 4 is 39.0 Å². The first-order valence-electron chi connectivity index (χ1n) is 6.38. The third-order valence-corrected chi connectivity index (χ3v) is 5.92. The monoisotopic (exact) mass is 352 g/mol. The molecule has 0 radical (unpaired) electrons. The van der Waals surface area contributed by atoms with E-state index in [1.54, 1.807) is 0 Å². The molecule has 1 aromatic carbocycles. The minimum absolute atomic E-state index is 0.0969. The Morgan fingerprint density at radius 1 is 1.33 bits per heavy atom. The molecule has 0 amide bonds. The van der Waals surface area contributed by atoms with Gasteiger partial charge in [-0.05, 0) is 31.4 Å². The molecule has 21 heavy (non-hydrogen) atoms. The summed E-state index contributed by atoms with van der Waals surface area (Å²) in [6, 6.07) is 2.46. The fraction of sp³-hybridized carbons (Fsp3) is 0.462. The summed E-state index contributed by atoms with van der Waals surface area (Å²) in [7, 11) is -3.74. The number of hydrogen-bond donors (Lipinski definition) is 1. The van der Waals surface area contributed by atoms with Gasteiger partial charge in [0.15, 0.2) is 9.84 Å². The Hall–Kier alpha value is -0.820. The van der Waals surface area contributed by atoms with E-state index in [9.17, 15) is 13.2 Å². The van der Waals surface area contributed by atoms with Crippen LogP contribution in [0.15, 0.2) is 17.0 Å². The number of ether oxygens (including phenoxy) is 1. The Labute approximate surface area is 132 Å². The largest absolute Gasteiger partial charge is 0.478 e. The average molecular weight is 353 g/mol. The van der Waals surface area contributed by atoms with Gasteiger partial charge in [0.05, 0.1) is 32.4 Å². The van der Waals surface area contributed by atoms with Crippen molar-refractivity contribution in [3.8, 4) is 0 Å². The fourth-order valence-corrected chi connectivity index (χ4v) is 4.71. The Balaban J connectivity index is 2.36. The lowest BCUT2D eigenvalue weighted by Crippen LogP contribution is -2.28. The molecule has 0 aromatic heterocycles. The van der Waals surface area contributed by atoms with Crippen molar-refractivity contribution in [2.24, 2.45) is 0 Å². The van der Waals surface area contributed by atoms with Crippen LogP contribution < -0.4 is 0 Å². The van der Waals surface area contributed by atoms with E-state index in [1.165, 1.54) is 12.1 Å². The van der Waals surface area contributed by atoms with E-state index in [4.69, 9.17) is 33.0 Å². The van der Waals surface area contributed by atoms with Crippen molar-refractivity contribution in [1.82, 2.24) is 0 Å². The number of rotatable bonds is 4. The van der Waals surface area contributed by atoms with E-state index in [1.807, 2.05) is 0 Å². The topological polar surface area (TPSA) is 80.7 Å². The Kier molecular flexibility index (Phi) is 5.14. The SMILES string of the molecule is O=C(O)c1c(Cl)ccc(S(=O)(=O)CC2CCCCO2)c1Cl. The molecule has 1 aliphatic heterocycles. The van der Waals surface area contributed by atoms with Crippen LogP contribution in [0.4, 0.5) is 0 Å². The van der Waals surface area contributed by atoms with Gasteiger partial charge in [0.1, 0.15) is 0 Å². The highest BCUT2D eigenvalue weighted by atomic mass is 35.5. The van der Waals surface area contributed by atoms with Gasteiger partial charge >= 0.3 is 5.97 Å². The number of carbonyl (C=O) groups is 1. The molecule has 1 heterocycles. The summed E-state index contributed by atoms with van der Waals surface area (Å²) >= 11 is 11.7. The number of aromatic carboxylic acids is 1. The minimum Gasteiger partial charge on any atom is -0.478 e. The first-order valence-corrected chi connectivity index (χ1v) is 8.79. The molecule has 1 atom stereocenters. The maximum atomic E-state index is 12.4. The highest BCUT2D eigenvalue weighted by Gasteiger charge is 2.28.